The molecule has 2 aromatic rings. The topological polar surface area (TPSA) is 35.2 Å². The Morgan fingerprint density at radius 1 is 1.18 bits per heavy atom. The van der Waals surface area contributed by atoms with Gasteiger partial charge in [0, 0.05) is 0 Å². The molecular formula is C14H14BrNO. The van der Waals surface area contributed by atoms with Crippen molar-refractivity contribution >= 4 is 21.6 Å². The molecule has 0 atom stereocenters. The molecule has 2 N–H and O–H groups in total. The lowest BCUT2D eigenvalue weighted by Crippen LogP contribution is -2.00. The van der Waals surface area contributed by atoms with Crippen LogP contribution in [0.1, 0.15) is 11.1 Å². The summed E-state index contributed by atoms with van der Waals surface area (Å²) in [5.74, 6) is 0.708. The van der Waals surface area contributed by atoms with Gasteiger partial charge in [-0.15, -0.1) is 0 Å². The van der Waals surface area contributed by atoms with Crippen molar-refractivity contribution < 1.29 is 4.74 Å². The van der Waals surface area contributed by atoms with E-state index in [1.165, 1.54) is 0 Å². The number of anilines is 1. The summed E-state index contributed by atoms with van der Waals surface area (Å²) in [4.78, 5) is 0. The molecule has 0 saturated carbocycles. The molecule has 88 valence electrons. The van der Waals surface area contributed by atoms with Gasteiger partial charge in [0.05, 0.1) is 10.2 Å². The third-order valence-corrected chi connectivity index (χ3v) is 3.03. The highest BCUT2D eigenvalue weighted by atomic mass is 79.9. The van der Waals surface area contributed by atoms with Gasteiger partial charge in [0.15, 0.2) is 5.75 Å². The lowest BCUT2D eigenvalue weighted by atomic mass is 10.2. The van der Waals surface area contributed by atoms with Crippen LogP contribution in [0, 0.1) is 6.92 Å². The Balaban J connectivity index is 2.15. The van der Waals surface area contributed by atoms with Gasteiger partial charge < -0.3 is 10.5 Å². The van der Waals surface area contributed by atoms with Crippen molar-refractivity contribution in [1.29, 1.82) is 0 Å². The minimum atomic E-state index is 0.521. The number of aryl methyl sites for hydroxylation is 1. The van der Waals surface area contributed by atoms with Crippen LogP contribution in [-0.4, -0.2) is 0 Å². The molecule has 0 saturated heterocycles. The molecule has 0 fully saturated rings. The van der Waals surface area contributed by atoms with Crippen LogP contribution >= 0.6 is 15.9 Å². The molecular weight excluding hydrogens is 278 g/mol. The molecule has 0 radical (unpaired) electrons. The molecule has 0 aliphatic rings. The number of hydrogen-bond acceptors (Lipinski definition) is 2. The molecule has 3 heteroatoms. The molecule has 2 nitrogen and oxygen atoms in total. The van der Waals surface area contributed by atoms with Gasteiger partial charge in [0.1, 0.15) is 6.61 Å². The Morgan fingerprint density at radius 2 is 1.88 bits per heavy atom. The van der Waals surface area contributed by atoms with Crippen molar-refractivity contribution in [1.82, 2.24) is 0 Å². The fourth-order valence-corrected chi connectivity index (χ4v) is 2.34. The maximum absolute atomic E-state index is 5.93. The van der Waals surface area contributed by atoms with E-state index in [0.717, 1.165) is 15.6 Å². The molecule has 2 rings (SSSR count). The normalized spacial score (nSPS) is 10.2. The van der Waals surface area contributed by atoms with Gasteiger partial charge in [-0.3, -0.25) is 0 Å². The zero-order valence-corrected chi connectivity index (χ0v) is 11.2. The van der Waals surface area contributed by atoms with Crippen molar-refractivity contribution in [2.24, 2.45) is 0 Å². The van der Waals surface area contributed by atoms with Crippen LogP contribution in [0.15, 0.2) is 46.9 Å². The van der Waals surface area contributed by atoms with Crippen molar-refractivity contribution in [2.75, 3.05) is 5.73 Å². The second-order valence-corrected chi connectivity index (χ2v) is 4.79. The lowest BCUT2D eigenvalue weighted by molar-refractivity contribution is 0.306. The standard InChI is InChI=1S/C14H14BrNO/c1-10-7-12(15)14(13(16)8-10)17-9-11-5-3-2-4-6-11/h2-8H,9,16H2,1H3. The second-order valence-electron chi connectivity index (χ2n) is 3.94. The van der Waals surface area contributed by atoms with Gasteiger partial charge in [-0.1, -0.05) is 30.3 Å². The molecule has 2 aromatic carbocycles. The average molecular weight is 292 g/mol. The third-order valence-electron chi connectivity index (χ3n) is 2.44. The summed E-state index contributed by atoms with van der Waals surface area (Å²) >= 11 is 3.47. The minimum Gasteiger partial charge on any atom is -0.486 e. The summed E-state index contributed by atoms with van der Waals surface area (Å²) < 4.78 is 6.63. The second kappa shape index (κ2) is 5.23. The number of nitrogen functional groups attached to an aromatic ring is 1. The number of ether oxygens (including phenoxy) is 1. The van der Waals surface area contributed by atoms with Crippen LogP contribution in [0.25, 0.3) is 0 Å². The van der Waals surface area contributed by atoms with Crippen LogP contribution in [0.4, 0.5) is 5.69 Å². The molecule has 17 heavy (non-hydrogen) atoms. The third kappa shape index (κ3) is 3.01. The van der Waals surface area contributed by atoms with Gasteiger partial charge in [-0.2, -0.15) is 0 Å². The van der Waals surface area contributed by atoms with E-state index in [1.54, 1.807) is 0 Å². The Hall–Kier alpha value is -1.48. The van der Waals surface area contributed by atoms with Crippen molar-refractivity contribution in [3.63, 3.8) is 0 Å². The van der Waals surface area contributed by atoms with E-state index in [-0.39, 0.29) is 0 Å². The molecule has 0 aliphatic heterocycles. The summed E-state index contributed by atoms with van der Waals surface area (Å²) in [5.41, 5.74) is 8.83. The highest BCUT2D eigenvalue weighted by Crippen LogP contribution is 2.33. The van der Waals surface area contributed by atoms with Gasteiger partial charge >= 0.3 is 0 Å². The van der Waals surface area contributed by atoms with Gasteiger partial charge in [0.2, 0.25) is 0 Å². The molecule has 0 aliphatic carbocycles. The number of nitrogens with two attached hydrogens (primary N) is 1. The van der Waals surface area contributed by atoms with Crippen LogP contribution in [0.3, 0.4) is 0 Å². The predicted octanol–water partition coefficient (Wildman–Crippen LogP) is 3.92. The first-order valence-corrected chi connectivity index (χ1v) is 6.18. The largest absolute Gasteiger partial charge is 0.486 e. The predicted molar refractivity (Wildman–Crippen MR) is 74.1 cm³/mol. The van der Waals surface area contributed by atoms with Crippen LogP contribution in [-0.2, 0) is 6.61 Å². The summed E-state index contributed by atoms with van der Waals surface area (Å²) in [6, 6.07) is 13.9. The number of rotatable bonds is 3. The molecule has 0 bridgehead atoms. The molecule has 0 spiro atoms. The van der Waals surface area contributed by atoms with Crippen molar-refractivity contribution in [3.8, 4) is 5.75 Å². The maximum atomic E-state index is 5.93. The van der Waals surface area contributed by atoms with E-state index in [1.807, 2.05) is 49.4 Å². The number of benzene rings is 2. The van der Waals surface area contributed by atoms with E-state index in [4.69, 9.17) is 10.5 Å². The van der Waals surface area contributed by atoms with Crippen molar-refractivity contribution in [3.05, 3.63) is 58.1 Å². The molecule has 0 amide bonds. The van der Waals surface area contributed by atoms with Crippen LogP contribution < -0.4 is 10.5 Å². The van der Waals surface area contributed by atoms with E-state index in [2.05, 4.69) is 15.9 Å². The first-order chi connectivity index (χ1) is 8.16. The van der Waals surface area contributed by atoms with E-state index in [0.29, 0.717) is 18.0 Å². The monoisotopic (exact) mass is 291 g/mol. The summed E-state index contributed by atoms with van der Waals surface area (Å²) in [6.07, 6.45) is 0. The Morgan fingerprint density at radius 3 is 2.53 bits per heavy atom. The number of hydrogen-bond donors (Lipinski definition) is 1. The average Bonchev–Trinajstić information content (AvgIpc) is 2.29. The first kappa shape index (κ1) is 12.0. The zero-order chi connectivity index (χ0) is 12.3. The SMILES string of the molecule is Cc1cc(N)c(OCc2ccccc2)c(Br)c1. The summed E-state index contributed by atoms with van der Waals surface area (Å²) in [5, 5.41) is 0. The molecule has 0 heterocycles. The van der Waals surface area contributed by atoms with Crippen LogP contribution in [0.5, 0.6) is 5.75 Å². The van der Waals surface area contributed by atoms with Crippen LogP contribution in [0.2, 0.25) is 0 Å². The highest BCUT2D eigenvalue weighted by Gasteiger charge is 2.07. The molecule has 0 unspecified atom stereocenters. The Labute approximate surface area is 110 Å². The van der Waals surface area contributed by atoms with Gasteiger partial charge in [0.25, 0.3) is 0 Å². The summed E-state index contributed by atoms with van der Waals surface area (Å²) in [6.45, 7) is 2.52. The van der Waals surface area contributed by atoms with Gasteiger partial charge in [-0.25, -0.2) is 0 Å². The van der Waals surface area contributed by atoms with E-state index >= 15 is 0 Å². The maximum Gasteiger partial charge on any atom is 0.156 e. The highest BCUT2D eigenvalue weighted by molar-refractivity contribution is 9.10. The van der Waals surface area contributed by atoms with E-state index < -0.39 is 0 Å². The Kier molecular flexibility index (Phi) is 3.69. The first-order valence-electron chi connectivity index (χ1n) is 5.39. The summed E-state index contributed by atoms with van der Waals surface area (Å²) in [7, 11) is 0. The minimum absolute atomic E-state index is 0.521. The quantitative estimate of drug-likeness (QED) is 0.870. The van der Waals surface area contributed by atoms with Gasteiger partial charge in [-0.05, 0) is 46.1 Å². The van der Waals surface area contributed by atoms with Crippen molar-refractivity contribution in [2.45, 2.75) is 13.5 Å². The lowest BCUT2D eigenvalue weighted by Gasteiger charge is -2.11. The number of halogens is 1. The Bertz CT molecular complexity index is 488. The molecule has 0 aromatic heterocycles. The smallest absolute Gasteiger partial charge is 0.156 e. The van der Waals surface area contributed by atoms with E-state index in [9.17, 15) is 0 Å². The fourth-order valence-electron chi connectivity index (χ4n) is 1.64. The zero-order valence-electron chi connectivity index (χ0n) is 9.61. The fraction of sp³-hybridized carbons (Fsp3) is 0.143.